The Bertz CT molecular complexity index is 484. The SMILES string of the molecule is O=C(O)C(Nc1ccc(C(F)(F)F)nn1)C1CCCCC1. The van der Waals surface area contributed by atoms with Crippen LogP contribution >= 0.6 is 0 Å². The lowest BCUT2D eigenvalue weighted by Crippen LogP contribution is -2.38. The summed E-state index contributed by atoms with van der Waals surface area (Å²) in [5.74, 6) is -1.02. The first-order valence-corrected chi connectivity index (χ1v) is 6.78. The van der Waals surface area contributed by atoms with Gasteiger partial charge in [0.2, 0.25) is 0 Å². The van der Waals surface area contributed by atoms with Crippen LogP contribution in [0.4, 0.5) is 19.0 Å². The van der Waals surface area contributed by atoms with Gasteiger partial charge in [-0.15, -0.1) is 10.2 Å². The zero-order chi connectivity index (χ0) is 15.5. The molecule has 0 spiro atoms. The predicted octanol–water partition coefficient (Wildman–Crippen LogP) is 2.94. The Morgan fingerprint density at radius 3 is 2.38 bits per heavy atom. The minimum Gasteiger partial charge on any atom is -0.480 e. The number of rotatable bonds is 4. The molecule has 0 aromatic carbocycles. The van der Waals surface area contributed by atoms with Crippen molar-refractivity contribution in [2.45, 2.75) is 44.3 Å². The van der Waals surface area contributed by atoms with Crippen LogP contribution in [0.3, 0.4) is 0 Å². The van der Waals surface area contributed by atoms with Gasteiger partial charge >= 0.3 is 12.1 Å². The van der Waals surface area contributed by atoms with Crippen molar-refractivity contribution in [3.8, 4) is 0 Å². The summed E-state index contributed by atoms with van der Waals surface area (Å²) in [6.07, 6.45) is 0.0454. The summed E-state index contributed by atoms with van der Waals surface area (Å²) >= 11 is 0. The number of aliphatic carboxylic acids is 1. The molecule has 5 nitrogen and oxygen atoms in total. The maximum absolute atomic E-state index is 12.4. The Morgan fingerprint density at radius 1 is 1.24 bits per heavy atom. The number of nitrogens with one attached hydrogen (secondary N) is 1. The van der Waals surface area contributed by atoms with Crippen molar-refractivity contribution >= 4 is 11.8 Å². The molecule has 2 N–H and O–H groups in total. The maximum atomic E-state index is 12.4. The van der Waals surface area contributed by atoms with Gasteiger partial charge in [-0.1, -0.05) is 19.3 Å². The van der Waals surface area contributed by atoms with Crippen molar-refractivity contribution in [3.63, 3.8) is 0 Å². The van der Waals surface area contributed by atoms with Gasteiger partial charge in [-0.3, -0.25) is 0 Å². The van der Waals surface area contributed by atoms with Crippen molar-refractivity contribution < 1.29 is 23.1 Å². The summed E-state index contributed by atoms with van der Waals surface area (Å²) in [6.45, 7) is 0. The number of carboxylic acids is 1. The van der Waals surface area contributed by atoms with Crippen LogP contribution in [0.25, 0.3) is 0 Å². The zero-order valence-corrected chi connectivity index (χ0v) is 11.2. The lowest BCUT2D eigenvalue weighted by Gasteiger charge is -2.28. The molecule has 0 bridgehead atoms. The molecule has 1 aliphatic carbocycles. The van der Waals surface area contributed by atoms with E-state index in [0.717, 1.165) is 44.2 Å². The van der Waals surface area contributed by atoms with Gasteiger partial charge in [-0.2, -0.15) is 13.2 Å². The minimum absolute atomic E-state index is 0.0413. The number of carbonyl (C=O) groups is 1. The highest BCUT2D eigenvalue weighted by Crippen LogP contribution is 2.29. The molecule has 0 amide bonds. The number of aromatic nitrogens is 2. The van der Waals surface area contributed by atoms with Gasteiger partial charge in [0.1, 0.15) is 11.9 Å². The van der Waals surface area contributed by atoms with Gasteiger partial charge in [0, 0.05) is 0 Å². The lowest BCUT2D eigenvalue weighted by atomic mass is 9.84. The van der Waals surface area contributed by atoms with Crippen LogP contribution in [0.15, 0.2) is 12.1 Å². The molecule has 2 rings (SSSR count). The number of nitrogens with zero attached hydrogens (tertiary/aromatic N) is 2. The topological polar surface area (TPSA) is 75.1 Å². The Hall–Kier alpha value is -1.86. The van der Waals surface area contributed by atoms with E-state index < -0.39 is 23.9 Å². The molecule has 1 atom stereocenters. The van der Waals surface area contributed by atoms with Crippen molar-refractivity contribution in [2.75, 3.05) is 5.32 Å². The number of alkyl halides is 3. The Labute approximate surface area is 119 Å². The van der Waals surface area contributed by atoms with E-state index in [0.29, 0.717) is 0 Å². The average molecular weight is 303 g/mol. The van der Waals surface area contributed by atoms with Gasteiger partial charge in [-0.05, 0) is 30.9 Å². The number of hydrogen-bond acceptors (Lipinski definition) is 4. The smallest absolute Gasteiger partial charge is 0.435 e. The highest BCUT2D eigenvalue weighted by atomic mass is 19.4. The third kappa shape index (κ3) is 4.05. The van der Waals surface area contributed by atoms with Crippen LogP contribution in [0.2, 0.25) is 0 Å². The molecule has 0 aliphatic heterocycles. The van der Waals surface area contributed by atoms with E-state index in [-0.39, 0.29) is 11.7 Å². The van der Waals surface area contributed by atoms with E-state index in [9.17, 15) is 23.1 Å². The van der Waals surface area contributed by atoms with Crippen LogP contribution in [0, 0.1) is 5.92 Å². The molecule has 21 heavy (non-hydrogen) atoms. The molecule has 1 heterocycles. The molecule has 116 valence electrons. The first kappa shape index (κ1) is 15.5. The molecule has 8 heteroatoms. The van der Waals surface area contributed by atoms with Gasteiger partial charge in [0.25, 0.3) is 0 Å². The molecule has 1 fully saturated rings. The van der Waals surface area contributed by atoms with E-state index in [1.165, 1.54) is 0 Å². The summed E-state index contributed by atoms with van der Waals surface area (Å²) in [4.78, 5) is 11.3. The maximum Gasteiger partial charge on any atom is 0.435 e. The van der Waals surface area contributed by atoms with Gasteiger partial charge in [0.15, 0.2) is 5.69 Å². The molecule has 0 radical (unpaired) electrons. The van der Waals surface area contributed by atoms with Crippen molar-refractivity contribution in [1.82, 2.24) is 10.2 Å². The van der Waals surface area contributed by atoms with E-state index in [1.807, 2.05) is 0 Å². The molecule has 1 unspecified atom stereocenters. The zero-order valence-electron chi connectivity index (χ0n) is 11.2. The molecular formula is C13H16F3N3O2. The molecule has 1 saturated carbocycles. The first-order valence-electron chi connectivity index (χ1n) is 6.78. The van der Waals surface area contributed by atoms with Crippen LogP contribution in [0.1, 0.15) is 37.8 Å². The molecule has 1 aromatic rings. The van der Waals surface area contributed by atoms with Gasteiger partial charge in [-0.25, -0.2) is 4.79 Å². The number of anilines is 1. The number of carboxylic acid groups (broad SMARTS) is 1. The van der Waals surface area contributed by atoms with Crippen LogP contribution in [-0.4, -0.2) is 27.3 Å². The Morgan fingerprint density at radius 2 is 1.90 bits per heavy atom. The predicted molar refractivity (Wildman–Crippen MR) is 68.7 cm³/mol. The quantitative estimate of drug-likeness (QED) is 0.894. The normalized spacial score (nSPS) is 18.2. The summed E-state index contributed by atoms with van der Waals surface area (Å²) in [7, 11) is 0. The lowest BCUT2D eigenvalue weighted by molar-refractivity contribution is -0.142. The summed E-state index contributed by atoms with van der Waals surface area (Å²) in [5, 5.41) is 18.5. The third-order valence-corrected chi connectivity index (χ3v) is 3.65. The Balaban J connectivity index is 2.08. The second-order valence-electron chi connectivity index (χ2n) is 5.16. The van der Waals surface area contributed by atoms with E-state index in [2.05, 4.69) is 15.5 Å². The monoisotopic (exact) mass is 303 g/mol. The van der Waals surface area contributed by atoms with E-state index in [4.69, 9.17) is 0 Å². The fraction of sp³-hybridized carbons (Fsp3) is 0.615. The number of halogens is 3. The summed E-state index contributed by atoms with van der Waals surface area (Å²) in [5.41, 5.74) is -1.10. The van der Waals surface area contributed by atoms with Crippen molar-refractivity contribution in [3.05, 3.63) is 17.8 Å². The average Bonchev–Trinajstić information content (AvgIpc) is 2.45. The molecular weight excluding hydrogens is 287 g/mol. The van der Waals surface area contributed by atoms with E-state index >= 15 is 0 Å². The highest BCUT2D eigenvalue weighted by Gasteiger charge is 2.33. The summed E-state index contributed by atoms with van der Waals surface area (Å²) < 4.78 is 37.2. The van der Waals surface area contributed by atoms with E-state index in [1.54, 1.807) is 0 Å². The molecule has 0 saturated heterocycles. The third-order valence-electron chi connectivity index (χ3n) is 3.65. The summed E-state index contributed by atoms with van der Waals surface area (Å²) in [6, 6.07) is 1.04. The fourth-order valence-corrected chi connectivity index (χ4v) is 2.57. The largest absolute Gasteiger partial charge is 0.480 e. The first-order chi connectivity index (χ1) is 9.88. The Kier molecular flexibility index (Phi) is 4.64. The molecule has 1 aliphatic rings. The fourth-order valence-electron chi connectivity index (χ4n) is 2.57. The van der Waals surface area contributed by atoms with Crippen LogP contribution in [0.5, 0.6) is 0 Å². The standard InChI is InChI=1S/C13H16F3N3O2/c14-13(15,16)9-6-7-10(19-18-9)17-11(12(20)21)8-4-2-1-3-5-8/h6-8,11H,1-5H2,(H,17,19)(H,20,21). The minimum atomic E-state index is -4.55. The number of hydrogen-bond donors (Lipinski definition) is 2. The molecule has 1 aromatic heterocycles. The van der Waals surface area contributed by atoms with Gasteiger partial charge < -0.3 is 10.4 Å². The second-order valence-corrected chi connectivity index (χ2v) is 5.16. The van der Waals surface area contributed by atoms with Crippen LogP contribution in [-0.2, 0) is 11.0 Å². The highest BCUT2D eigenvalue weighted by molar-refractivity contribution is 5.77. The van der Waals surface area contributed by atoms with Gasteiger partial charge in [0.05, 0.1) is 0 Å². The van der Waals surface area contributed by atoms with Crippen molar-refractivity contribution in [1.29, 1.82) is 0 Å². The van der Waals surface area contributed by atoms with Crippen LogP contribution < -0.4 is 5.32 Å². The van der Waals surface area contributed by atoms with Crippen molar-refractivity contribution in [2.24, 2.45) is 5.92 Å². The second kappa shape index (κ2) is 6.28.